The van der Waals surface area contributed by atoms with E-state index in [-0.39, 0.29) is 18.6 Å². The van der Waals surface area contributed by atoms with Crippen LogP contribution in [0.4, 0.5) is 0 Å². The molecule has 2 heterocycles. The summed E-state index contributed by atoms with van der Waals surface area (Å²) >= 11 is 0. The summed E-state index contributed by atoms with van der Waals surface area (Å²) in [6.07, 6.45) is 3.18. The molecule has 26 heavy (non-hydrogen) atoms. The lowest BCUT2D eigenvalue weighted by Gasteiger charge is -2.14. The second-order valence-corrected chi connectivity index (χ2v) is 6.28. The Hall–Kier alpha value is -3.02. The van der Waals surface area contributed by atoms with Gasteiger partial charge in [0.05, 0.1) is 6.26 Å². The van der Waals surface area contributed by atoms with Gasteiger partial charge in [-0.2, -0.15) is 0 Å². The van der Waals surface area contributed by atoms with E-state index in [1.807, 2.05) is 32.0 Å². The van der Waals surface area contributed by atoms with Crippen LogP contribution in [-0.4, -0.2) is 18.6 Å². The summed E-state index contributed by atoms with van der Waals surface area (Å²) in [6, 6.07) is 10.4. The first-order valence-electron chi connectivity index (χ1n) is 8.50. The van der Waals surface area contributed by atoms with Crippen LogP contribution in [0.1, 0.15) is 24.7 Å². The fourth-order valence-corrected chi connectivity index (χ4v) is 2.75. The number of ether oxygens (including phenoxy) is 1. The summed E-state index contributed by atoms with van der Waals surface area (Å²) in [5.74, 6) is 1.17. The van der Waals surface area contributed by atoms with Crippen molar-refractivity contribution in [3.05, 3.63) is 64.4 Å². The van der Waals surface area contributed by atoms with Crippen molar-refractivity contribution in [1.29, 1.82) is 0 Å². The average Bonchev–Trinajstić information content (AvgIpc) is 3.11. The molecule has 1 unspecified atom stereocenters. The Morgan fingerprint density at radius 1 is 1.27 bits per heavy atom. The van der Waals surface area contributed by atoms with Crippen molar-refractivity contribution >= 4 is 16.9 Å². The zero-order chi connectivity index (χ0) is 18.5. The van der Waals surface area contributed by atoms with Crippen molar-refractivity contribution in [3.63, 3.8) is 0 Å². The fraction of sp³-hybridized carbons (Fsp3) is 0.300. The molecule has 0 aliphatic rings. The molecule has 0 saturated heterocycles. The first-order chi connectivity index (χ1) is 12.5. The van der Waals surface area contributed by atoms with E-state index in [2.05, 4.69) is 5.32 Å². The van der Waals surface area contributed by atoms with E-state index in [0.717, 1.165) is 29.6 Å². The molecule has 3 rings (SSSR count). The van der Waals surface area contributed by atoms with Gasteiger partial charge in [0.1, 0.15) is 17.1 Å². The standard InChI is InChI=1S/C20H21NO5/c1-13-10-20(23)26-18-11-16(7-8-17(13)18)25-12-19(22)21-14(2)5-6-15-4-3-9-24-15/h3-4,7-11,14H,5-6,12H2,1-2H3,(H,21,22). The van der Waals surface area contributed by atoms with Gasteiger partial charge in [-0.05, 0) is 50.1 Å². The van der Waals surface area contributed by atoms with E-state index in [0.29, 0.717) is 11.3 Å². The maximum Gasteiger partial charge on any atom is 0.336 e. The highest BCUT2D eigenvalue weighted by molar-refractivity contribution is 5.81. The summed E-state index contributed by atoms with van der Waals surface area (Å²) in [7, 11) is 0. The minimum atomic E-state index is -0.407. The number of aryl methyl sites for hydroxylation is 2. The highest BCUT2D eigenvalue weighted by atomic mass is 16.5. The zero-order valence-electron chi connectivity index (χ0n) is 14.8. The molecule has 0 aliphatic heterocycles. The predicted molar refractivity (Wildman–Crippen MR) is 97.3 cm³/mol. The minimum absolute atomic E-state index is 0.00785. The summed E-state index contributed by atoms with van der Waals surface area (Å²) in [4.78, 5) is 23.5. The normalized spacial score (nSPS) is 12.1. The molecular formula is C20H21NO5. The van der Waals surface area contributed by atoms with Crippen molar-refractivity contribution in [2.24, 2.45) is 0 Å². The lowest BCUT2D eigenvalue weighted by atomic mass is 10.1. The van der Waals surface area contributed by atoms with Gasteiger partial charge in [-0.15, -0.1) is 0 Å². The number of hydrogen-bond donors (Lipinski definition) is 1. The number of furan rings is 1. The largest absolute Gasteiger partial charge is 0.484 e. The van der Waals surface area contributed by atoms with Gasteiger partial charge in [-0.1, -0.05) is 0 Å². The van der Waals surface area contributed by atoms with Crippen LogP contribution in [-0.2, 0) is 11.2 Å². The quantitative estimate of drug-likeness (QED) is 0.658. The molecule has 6 nitrogen and oxygen atoms in total. The third-order valence-corrected chi connectivity index (χ3v) is 4.10. The lowest BCUT2D eigenvalue weighted by Crippen LogP contribution is -2.36. The molecule has 136 valence electrons. The van der Waals surface area contributed by atoms with Crippen LogP contribution in [0, 0.1) is 6.92 Å². The van der Waals surface area contributed by atoms with Gasteiger partial charge in [-0.3, -0.25) is 4.79 Å². The minimum Gasteiger partial charge on any atom is -0.484 e. The summed E-state index contributed by atoms with van der Waals surface area (Å²) in [6.45, 7) is 3.68. The Bertz CT molecular complexity index is 942. The molecule has 1 amide bonds. The molecule has 0 fully saturated rings. The second kappa shape index (κ2) is 7.91. The SMILES string of the molecule is Cc1cc(=O)oc2cc(OCC(=O)NC(C)CCc3ccco3)ccc12. The second-order valence-electron chi connectivity index (χ2n) is 6.28. The number of nitrogens with one attached hydrogen (secondary N) is 1. The van der Waals surface area contributed by atoms with Crippen molar-refractivity contribution < 1.29 is 18.4 Å². The molecule has 0 spiro atoms. The zero-order valence-corrected chi connectivity index (χ0v) is 14.8. The van der Waals surface area contributed by atoms with Gasteiger partial charge in [-0.25, -0.2) is 4.79 Å². The molecule has 0 aliphatic carbocycles. The third kappa shape index (κ3) is 4.53. The number of benzene rings is 1. The van der Waals surface area contributed by atoms with Crippen molar-refractivity contribution in [2.45, 2.75) is 32.7 Å². The molecule has 6 heteroatoms. The van der Waals surface area contributed by atoms with Gasteiger partial charge in [0.25, 0.3) is 5.91 Å². The predicted octanol–water partition coefficient (Wildman–Crippen LogP) is 3.21. The topological polar surface area (TPSA) is 81.7 Å². The van der Waals surface area contributed by atoms with E-state index in [1.54, 1.807) is 18.4 Å². The smallest absolute Gasteiger partial charge is 0.336 e. The van der Waals surface area contributed by atoms with Crippen LogP contribution in [0.3, 0.4) is 0 Å². The Kier molecular flexibility index (Phi) is 5.41. The van der Waals surface area contributed by atoms with Gasteiger partial charge in [0.15, 0.2) is 6.61 Å². The van der Waals surface area contributed by atoms with Gasteiger partial charge in [0, 0.05) is 30.0 Å². The number of hydrogen-bond acceptors (Lipinski definition) is 5. The molecule has 0 bridgehead atoms. The monoisotopic (exact) mass is 355 g/mol. The number of carbonyl (C=O) groups is 1. The summed E-state index contributed by atoms with van der Waals surface area (Å²) in [5, 5.41) is 3.73. The van der Waals surface area contributed by atoms with Gasteiger partial charge in [0.2, 0.25) is 0 Å². The van der Waals surface area contributed by atoms with E-state index in [4.69, 9.17) is 13.6 Å². The number of rotatable bonds is 7. The molecule has 2 aromatic heterocycles. The Labute approximate surface area is 150 Å². The lowest BCUT2D eigenvalue weighted by molar-refractivity contribution is -0.123. The Balaban J connectivity index is 1.52. The first kappa shape index (κ1) is 17.8. The highest BCUT2D eigenvalue weighted by Crippen LogP contribution is 2.22. The Morgan fingerprint density at radius 3 is 2.88 bits per heavy atom. The van der Waals surface area contributed by atoms with Crippen molar-refractivity contribution in [3.8, 4) is 5.75 Å². The van der Waals surface area contributed by atoms with Gasteiger partial charge >= 0.3 is 5.63 Å². The van der Waals surface area contributed by atoms with Crippen LogP contribution in [0.25, 0.3) is 11.0 Å². The number of fused-ring (bicyclic) bond motifs is 1. The van der Waals surface area contributed by atoms with Crippen molar-refractivity contribution in [2.75, 3.05) is 6.61 Å². The summed E-state index contributed by atoms with van der Waals surface area (Å²) < 4.78 is 16.0. The maximum absolute atomic E-state index is 12.0. The van der Waals surface area contributed by atoms with Crippen LogP contribution in [0.5, 0.6) is 5.75 Å². The first-order valence-corrected chi connectivity index (χ1v) is 8.50. The van der Waals surface area contributed by atoms with E-state index in [9.17, 15) is 9.59 Å². The average molecular weight is 355 g/mol. The van der Waals surface area contributed by atoms with E-state index in [1.165, 1.54) is 6.07 Å². The van der Waals surface area contributed by atoms with E-state index < -0.39 is 5.63 Å². The number of amides is 1. The maximum atomic E-state index is 12.0. The fourth-order valence-electron chi connectivity index (χ4n) is 2.75. The van der Waals surface area contributed by atoms with Crippen molar-refractivity contribution in [1.82, 2.24) is 5.32 Å². The number of carbonyl (C=O) groups excluding carboxylic acids is 1. The van der Waals surface area contributed by atoms with Gasteiger partial charge < -0.3 is 18.9 Å². The molecule has 1 atom stereocenters. The van der Waals surface area contributed by atoms with E-state index >= 15 is 0 Å². The third-order valence-electron chi connectivity index (χ3n) is 4.10. The van der Waals surface area contributed by atoms with Crippen LogP contribution in [0.2, 0.25) is 0 Å². The molecule has 1 aromatic carbocycles. The van der Waals surface area contributed by atoms with Crippen LogP contribution in [0.15, 0.2) is 56.3 Å². The molecular weight excluding hydrogens is 334 g/mol. The summed E-state index contributed by atoms with van der Waals surface area (Å²) in [5.41, 5.74) is 0.876. The van der Waals surface area contributed by atoms with Crippen LogP contribution < -0.4 is 15.7 Å². The molecule has 0 saturated carbocycles. The highest BCUT2D eigenvalue weighted by Gasteiger charge is 2.10. The van der Waals surface area contributed by atoms with Crippen LogP contribution >= 0.6 is 0 Å². The molecule has 1 N–H and O–H groups in total. The molecule has 3 aromatic rings. The molecule has 0 radical (unpaired) electrons. The Morgan fingerprint density at radius 2 is 2.12 bits per heavy atom.